The molecule has 84 valence electrons. The van der Waals surface area contributed by atoms with Gasteiger partial charge in [-0.25, -0.2) is 9.97 Å². The van der Waals surface area contributed by atoms with E-state index in [4.69, 9.17) is 5.73 Å². The van der Waals surface area contributed by atoms with E-state index in [1.165, 1.54) is 0 Å². The van der Waals surface area contributed by atoms with E-state index in [1.54, 1.807) is 6.33 Å². The molecule has 0 aliphatic rings. The molecule has 2 aromatic rings. The van der Waals surface area contributed by atoms with Gasteiger partial charge in [0.05, 0.1) is 11.2 Å². The third kappa shape index (κ3) is 1.91. The maximum absolute atomic E-state index is 6.01. The highest BCUT2D eigenvalue weighted by atomic mass is 14.8. The van der Waals surface area contributed by atoms with Crippen LogP contribution in [0.1, 0.15) is 31.9 Å². The molecule has 3 heteroatoms. The fourth-order valence-electron chi connectivity index (χ4n) is 2.14. The molecule has 1 aromatic carbocycles. The highest BCUT2D eigenvalue weighted by Gasteiger charge is 2.18. The average Bonchev–Trinajstić information content (AvgIpc) is 2.30. The van der Waals surface area contributed by atoms with E-state index >= 15 is 0 Å². The van der Waals surface area contributed by atoms with Crippen LogP contribution in [0.15, 0.2) is 30.6 Å². The summed E-state index contributed by atoms with van der Waals surface area (Å²) < 4.78 is 0. The van der Waals surface area contributed by atoms with Crippen molar-refractivity contribution in [1.29, 1.82) is 0 Å². The number of rotatable bonds is 3. The lowest BCUT2D eigenvalue weighted by atomic mass is 9.92. The van der Waals surface area contributed by atoms with Crippen LogP contribution >= 0.6 is 0 Å². The largest absolute Gasteiger partial charge is 0.327 e. The molecule has 1 aromatic heterocycles. The van der Waals surface area contributed by atoms with Crippen LogP contribution < -0.4 is 5.73 Å². The van der Waals surface area contributed by atoms with Gasteiger partial charge in [-0.15, -0.1) is 0 Å². The summed E-state index contributed by atoms with van der Waals surface area (Å²) in [5.41, 5.74) is 8.07. The van der Waals surface area contributed by atoms with Crippen molar-refractivity contribution in [3.8, 4) is 0 Å². The molecule has 2 atom stereocenters. The Labute approximate surface area is 95.7 Å². The molecule has 0 spiro atoms. The summed E-state index contributed by atoms with van der Waals surface area (Å²) in [5.74, 6) is 0.299. The van der Waals surface area contributed by atoms with Crippen molar-refractivity contribution in [2.75, 3.05) is 0 Å². The Balaban J connectivity index is 2.59. The first-order valence-electron chi connectivity index (χ1n) is 5.69. The Hall–Kier alpha value is -1.48. The van der Waals surface area contributed by atoms with Gasteiger partial charge >= 0.3 is 0 Å². The predicted molar refractivity (Wildman–Crippen MR) is 66.2 cm³/mol. The zero-order valence-corrected chi connectivity index (χ0v) is 9.72. The molecule has 0 bridgehead atoms. The van der Waals surface area contributed by atoms with Gasteiger partial charge in [0.15, 0.2) is 0 Å². The van der Waals surface area contributed by atoms with E-state index < -0.39 is 0 Å². The topological polar surface area (TPSA) is 51.8 Å². The predicted octanol–water partition coefficient (Wildman–Crippen LogP) is 2.47. The first kappa shape index (κ1) is 11.0. The maximum atomic E-state index is 6.01. The normalized spacial score (nSPS) is 14.9. The van der Waals surface area contributed by atoms with Crippen LogP contribution in [0.3, 0.4) is 0 Å². The van der Waals surface area contributed by atoms with Gasteiger partial charge in [-0.1, -0.05) is 25.1 Å². The van der Waals surface area contributed by atoms with Gasteiger partial charge in [0.1, 0.15) is 6.33 Å². The van der Waals surface area contributed by atoms with Crippen molar-refractivity contribution >= 4 is 10.9 Å². The van der Waals surface area contributed by atoms with Gasteiger partial charge in [0.25, 0.3) is 0 Å². The molecule has 0 saturated heterocycles. The van der Waals surface area contributed by atoms with Gasteiger partial charge in [-0.3, -0.25) is 0 Å². The van der Waals surface area contributed by atoms with Crippen molar-refractivity contribution in [3.63, 3.8) is 0 Å². The highest BCUT2D eigenvalue weighted by molar-refractivity contribution is 5.81. The molecule has 0 amide bonds. The molecule has 2 N–H and O–H groups in total. The van der Waals surface area contributed by atoms with Crippen molar-refractivity contribution in [3.05, 3.63) is 36.3 Å². The number of hydrogen-bond donors (Lipinski definition) is 1. The third-order valence-electron chi connectivity index (χ3n) is 3.00. The van der Waals surface area contributed by atoms with Crippen LogP contribution in [-0.4, -0.2) is 16.0 Å². The number of benzene rings is 1. The fraction of sp³-hybridized carbons (Fsp3) is 0.385. The molecule has 0 aliphatic heterocycles. The smallest absolute Gasteiger partial charge is 0.116 e. The second-order valence-corrected chi connectivity index (χ2v) is 4.15. The minimum absolute atomic E-state index is 0.114. The van der Waals surface area contributed by atoms with Crippen LogP contribution in [0.4, 0.5) is 0 Å². The summed E-state index contributed by atoms with van der Waals surface area (Å²) >= 11 is 0. The summed E-state index contributed by atoms with van der Waals surface area (Å²) in [4.78, 5) is 8.67. The molecular formula is C13H17N3. The summed E-state index contributed by atoms with van der Waals surface area (Å²) in [6, 6.07) is 8.20. The Morgan fingerprint density at radius 3 is 2.69 bits per heavy atom. The van der Waals surface area contributed by atoms with E-state index in [-0.39, 0.29) is 6.04 Å². The Morgan fingerprint density at radius 1 is 1.25 bits per heavy atom. The minimum Gasteiger partial charge on any atom is -0.327 e. The average molecular weight is 215 g/mol. The van der Waals surface area contributed by atoms with Gasteiger partial charge in [-0.05, 0) is 19.4 Å². The molecule has 16 heavy (non-hydrogen) atoms. The summed E-state index contributed by atoms with van der Waals surface area (Å²) in [6.07, 6.45) is 2.63. The number of aromatic nitrogens is 2. The van der Waals surface area contributed by atoms with Crippen LogP contribution in [0.2, 0.25) is 0 Å². The number of nitrogens with two attached hydrogens (primary N) is 1. The van der Waals surface area contributed by atoms with E-state index in [9.17, 15) is 0 Å². The van der Waals surface area contributed by atoms with Crippen LogP contribution in [-0.2, 0) is 0 Å². The Morgan fingerprint density at radius 2 is 2.00 bits per heavy atom. The Kier molecular flexibility index (Phi) is 3.15. The van der Waals surface area contributed by atoms with E-state index in [0.717, 1.165) is 23.0 Å². The monoisotopic (exact) mass is 215 g/mol. The molecule has 0 radical (unpaired) electrons. The second-order valence-electron chi connectivity index (χ2n) is 4.15. The van der Waals surface area contributed by atoms with Crippen molar-refractivity contribution in [2.24, 2.45) is 5.73 Å². The van der Waals surface area contributed by atoms with Crippen LogP contribution in [0.5, 0.6) is 0 Å². The Bertz CT molecular complexity index is 474. The number of para-hydroxylation sites is 1. The molecule has 2 unspecified atom stereocenters. The molecule has 2 rings (SSSR count). The minimum atomic E-state index is 0.114. The van der Waals surface area contributed by atoms with Gasteiger partial charge in [0, 0.05) is 17.3 Å². The van der Waals surface area contributed by atoms with E-state index in [1.807, 2.05) is 25.1 Å². The fourth-order valence-corrected chi connectivity index (χ4v) is 2.14. The van der Waals surface area contributed by atoms with Gasteiger partial charge < -0.3 is 5.73 Å². The molecule has 3 nitrogen and oxygen atoms in total. The lowest BCUT2D eigenvalue weighted by Crippen LogP contribution is -2.25. The van der Waals surface area contributed by atoms with Crippen molar-refractivity contribution in [2.45, 2.75) is 32.2 Å². The van der Waals surface area contributed by atoms with Crippen LogP contribution in [0, 0.1) is 0 Å². The van der Waals surface area contributed by atoms with E-state index in [0.29, 0.717) is 5.92 Å². The molecular weight excluding hydrogens is 198 g/mol. The zero-order valence-electron chi connectivity index (χ0n) is 9.72. The first-order valence-corrected chi connectivity index (χ1v) is 5.69. The number of fused-ring (bicyclic) bond motifs is 1. The lowest BCUT2D eigenvalue weighted by Gasteiger charge is -2.19. The molecule has 1 heterocycles. The van der Waals surface area contributed by atoms with Gasteiger partial charge in [-0.2, -0.15) is 0 Å². The van der Waals surface area contributed by atoms with Crippen molar-refractivity contribution < 1.29 is 0 Å². The standard InChI is InChI=1S/C13H17N3/c1-3-10(9(2)14)13-11-6-4-5-7-12(11)15-8-16-13/h4-10H,3,14H2,1-2H3. The van der Waals surface area contributed by atoms with Crippen LogP contribution in [0.25, 0.3) is 10.9 Å². The van der Waals surface area contributed by atoms with E-state index in [2.05, 4.69) is 23.0 Å². The molecule has 0 fully saturated rings. The molecule has 0 aliphatic carbocycles. The summed E-state index contributed by atoms with van der Waals surface area (Å²) in [7, 11) is 0. The second kappa shape index (κ2) is 4.58. The zero-order chi connectivity index (χ0) is 11.5. The molecule has 0 saturated carbocycles. The maximum Gasteiger partial charge on any atom is 0.116 e. The number of hydrogen-bond acceptors (Lipinski definition) is 3. The quantitative estimate of drug-likeness (QED) is 0.855. The third-order valence-corrected chi connectivity index (χ3v) is 3.00. The van der Waals surface area contributed by atoms with Gasteiger partial charge in [0.2, 0.25) is 0 Å². The summed E-state index contributed by atoms with van der Waals surface area (Å²) in [5, 5.41) is 1.12. The highest BCUT2D eigenvalue weighted by Crippen LogP contribution is 2.26. The van der Waals surface area contributed by atoms with Crippen molar-refractivity contribution in [1.82, 2.24) is 9.97 Å². The lowest BCUT2D eigenvalue weighted by molar-refractivity contribution is 0.543. The number of nitrogens with zero attached hydrogens (tertiary/aromatic N) is 2. The summed E-state index contributed by atoms with van der Waals surface area (Å²) in [6.45, 7) is 4.18. The SMILES string of the molecule is CCC(c1ncnc2ccccc12)C(C)N. The first-order chi connectivity index (χ1) is 7.74.